The summed E-state index contributed by atoms with van der Waals surface area (Å²) in [5.74, 6) is 0.371. The van der Waals surface area contributed by atoms with Crippen LogP contribution in [0, 0.1) is 0 Å². The topological polar surface area (TPSA) is 64.1 Å². The summed E-state index contributed by atoms with van der Waals surface area (Å²) >= 11 is 6.00. The van der Waals surface area contributed by atoms with Gasteiger partial charge in [-0.1, -0.05) is 17.7 Å². The van der Waals surface area contributed by atoms with Crippen LogP contribution in [0.2, 0.25) is 5.02 Å². The number of amides is 1. The first-order valence-electron chi connectivity index (χ1n) is 11.0. The highest BCUT2D eigenvalue weighted by atomic mass is 35.5. The van der Waals surface area contributed by atoms with Crippen molar-refractivity contribution in [3.05, 3.63) is 47.2 Å². The molecule has 1 saturated heterocycles. The fourth-order valence-electron chi connectivity index (χ4n) is 4.67. The summed E-state index contributed by atoms with van der Waals surface area (Å²) in [6.07, 6.45) is 3.35. The third kappa shape index (κ3) is 3.62. The maximum absolute atomic E-state index is 12.7. The first kappa shape index (κ1) is 21.2. The minimum Gasteiger partial charge on any atom is -0.444 e. The van der Waals surface area contributed by atoms with Crippen molar-refractivity contribution in [2.24, 2.45) is 0 Å². The first-order chi connectivity index (χ1) is 15.1. The van der Waals surface area contributed by atoms with E-state index in [2.05, 4.69) is 16.0 Å². The number of aromatic nitrogens is 1. The van der Waals surface area contributed by atoms with E-state index >= 15 is 0 Å². The van der Waals surface area contributed by atoms with Gasteiger partial charge in [0.15, 0.2) is 11.5 Å². The molecule has 2 aliphatic heterocycles. The van der Waals surface area contributed by atoms with Crippen LogP contribution in [0.4, 0.5) is 10.5 Å². The maximum Gasteiger partial charge on any atom is 0.410 e. The van der Waals surface area contributed by atoms with Gasteiger partial charge in [0, 0.05) is 32.3 Å². The largest absolute Gasteiger partial charge is 0.444 e. The molecule has 2 fully saturated rings. The number of rotatable bonds is 2. The van der Waals surface area contributed by atoms with Crippen molar-refractivity contribution >= 4 is 23.4 Å². The number of hydrogen-bond acceptors (Lipinski definition) is 6. The van der Waals surface area contributed by atoms with Gasteiger partial charge in [-0.3, -0.25) is 4.98 Å². The number of nitrogens with zero attached hydrogens (tertiary/aromatic N) is 3. The molecule has 5 rings (SSSR count). The van der Waals surface area contributed by atoms with E-state index in [1.54, 1.807) is 12.3 Å². The lowest BCUT2D eigenvalue weighted by Gasteiger charge is -2.54. The third-order valence-electron chi connectivity index (χ3n) is 6.27. The van der Waals surface area contributed by atoms with Crippen LogP contribution in [0.15, 0.2) is 36.5 Å². The average Bonchev–Trinajstić information content (AvgIpc) is 3.05. The lowest BCUT2D eigenvalue weighted by atomic mass is 9.81. The van der Waals surface area contributed by atoms with Crippen LogP contribution in [0.25, 0.3) is 0 Å². The van der Waals surface area contributed by atoms with Crippen molar-refractivity contribution in [3.63, 3.8) is 0 Å². The summed E-state index contributed by atoms with van der Waals surface area (Å²) in [7, 11) is 0. The quantitative estimate of drug-likeness (QED) is 0.634. The molecule has 1 aromatic carbocycles. The molecule has 0 bridgehead atoms. The maximum atomic E-state index is 12.7. The molecule has 1 saturated carbocycles. The van der Waals surface area contributed by atoms with Crippen LogP contribution in [0.5, 0.6) is 11.5 Å². The van der Waals surface area contributed by atoms with E-state index in [0.717, 1.165) is 18.5 Å². The molecule has 1 aromatic heterocycles. The molecular formula is C24H28ClN3O4. The molecular weight excluding hydrogens is 430 g/mol. The Labute approximate surface area is 193 Å². The van der Waals surface area contributed by atoms with Crippen molar-refractivity contribution in [1.82, 2.24) is 9.88 Å². The number of piperazine rings is 1. The number of benzene rings is 1. The van der Waals surface area contributed by atoms with Gasteiger partial charge < -0.3 is 24.0 Å². The van der Waals surface area contributed by atoms with Crippen LogP contribution in [-0.2, 0) is 10.5 Å². The van der Waals surface area contributed by atoms with E-state index in [4.69, 9.17) is 25.8 Å². The summed E-state index contributed by atoms with van der Waals surface area (Å²) in [5, 5.41) is 0.562. The van der Waals surface area contributed by atoms with E-state index in [0.29, 0.717) is 35.3 Å². The molecule has 3 atom stereocenters. The number of pyridine rings is 1. The number of anilines is 1. The fourth-order valence-corrected chi connectivity index (χ4v) is 4.78. The fraction of sp³-hybridized carbons (Fsp3) is 0.500. The molecule has 7 nitrogen and oxygen atoms in total. The van der Waals surface area contributed by atoms with Crippen LogP contribution in [0.3, 0.4) is 0 Å². The molecule has 3 aliphatic rings. The van der Waals surface area contributed by atoms with E-state index in [1.165, 1.54) is 0 Å². The molecule has 0 N–H and O–H groups in total. The van der Waals surface area contributed by atoms with Crippen LogP contribution >= 0.6 is 11.6 Å². The first-order valence-corrected chi connectivity index (χ1v) is 11.4. The number of fused-ring (bicyclic) bond motifs is 2. The van der Waals surface area contributed by atoms with Gasteiger partial charge >= 0.3 is 6.09 Å². The molecule has 1 amide bonds. The highest BCUT2D eigenvalue weighted by Gasteiger charge is 2.48. The van der Waals surface area contributed by atoms with Crippen LogP contribution in [-0.4, -0.2) is 46.8 Å². The van der Waals surface area contributed by atoms with Gasteiger partial charge in [0.25, 0.3) is 5.79 Å². The Kier molecular flexibility index (Phi) is 4.93. The number of halogens is 1. The molecule has 8 heteroatoms. The Hall–Kier alpha value is -2.67. The SMILES string of the molecule is CC(C)(C)OC(=O)N1CCN(c2cccc3c2OC(C)(c2ccc(Cl)cn2)O3)[C@@H]2CC[C@@H]21. The standard InChI is InChI=1S/C24H28ClN3O4/c1-23(2,3)32-22(29)28-13-12-27(16-9-10-17(16)28)18-6-5-7-19-21(18)31-24(4,30-19)20-11-8-15(25)14-26-20/h5-8,11,14,16-17H,9-10,12-13H2,1-4H3/t16-,17+,24?/m1/s1. The molecule has 3 heterocycles. The number of carbonyl (C=O) groups excluding carboxylic acids is 1. The molecule has 1 unspecified atom stereocenters. The van der Waals surface area contributed by atoms with Gasteiger partial charge in [-0.2, -0.15) is 0 Å². The summed E-state index contributed by atoms with van der Waals surface area (Å²) in [6.45, 7) is 8.87. The van der Waals surface area contributed by atoms with Gasteiger partial charge in [-0.15, -0.1) is 0 Å². The Balaban J connectivity index is 1.38. The molecule has 0 spiro atoms. The zero-order valence-corrected chi connectivity index (χ0v) is 19.6. The van der Waals surface area contributed by atoms with Crippen molar-refractivity contribution in [3.8, 4) is 11.5 Å². The lowest BCUT2D eigenvalue weighted by molar-refractivity contribution is -0.0716. The predicted molar refractivity (Wildman–Crippen MR) is 121 cm³/mol. The molecule has 0 radical (unpaired) electrons. The van der Waals surface area contributed by atoms with Crippen molar-refractivity contribution in [1.29, 1.82) is 0 Å². The molecule has 2 aromatic rings. The normalized spacial score (nSPS) is 26.4. The van der Waals surface area contributed by atoms with Gasteiger partial charge in [-0.05, 0) is 57.9 Å². The average molecular weight is 458 g/mol. The number of hydrogen-bond donors (Lipinski definition) is 0. The lowest BCUT2D eigenvalue weighted by Crippen LogP contribution is -2.66. The predicted octanol–water partition coefficient (Wildman–Crippen LogP) is 4.97. The number of carbonyl (C=O) groups is 1. The van der Waals surface area contributed by atoms with Crippen molar-refractivity contribution in [2.45, 2.75) is 64.0 Å². The van der Waals surface area contributed by atoms with E-state index in [-0.39, 0.29) is 18.2 Å². The van der Waals surface area contributed by atoms with Gasteiger partial charge in [0.1, 0.15) is 11.3 Å². The zero-order valence-electron chi connectivity index (χ0n) is 18.8. The van der Waals surface area contributed by atoms with E-state index < -0.39 is 11.4 Å². The molecule has 170 valence electrons. The van der Waals surface area contributed by atoms with E-state index in [1.807, 2.05) is 50.8 Å². The number of para-hydroxylation sites is 1. The smallest absolute Gasteiger partial charge is 0.410 e. The minimum atomic E-state index is -1.03. The highest BCUT2D eigenvalue weighted by Crippen LogP contribution is 2.51. The Morgan fingerprint density at radius 2 is 1.94 bits per heavy atom. The summed E-state index contributed by atoms with van der Waals surface area (Å²) < 4.78 is 18.2. The molecule has 32 heavy (non-hydrogen) atoms. The van der Waals surface area contributed by atoms with Gasteiger partial charge in [0.05, 0.1) is 16.8 Å². The van der Waals surface area contributed by atoms with Gasteiger partial charge in [-0.25, -0.2) is 4.79 Å². The summed E-state index contributed by atoms with van der Waals surface area (Å²) in [6, 6.07) is 9.91. The third-order valence-corrected chi connectivity index (χ3v) is 6.50. The second kappa shape index (κ2) is 7.44. The minimum absolute atomic E-state index is 0.140. The van der Waals surface area contributed by atoms with Crippen LogP contribution < -0.4 is 14.4 Å². The number of ether oxygens (including phenoxy) is 3. The van der Waals surface area contributed by atoms with E-state index in [9.17, 15) is 4.79 Å². The highest BCUT2D eigenvalue weighted by molar-refractivity contribution is 6.30. The zero-order chi connectivity index (χ0) is 22.7. The van der Waals surface area contributed by atoms with Crippen molar-refractivity contribution in [2.75, 3.05) is 18.0 Å². The molecule has 1 aliphatic carbocycles. The van der Waals surface area contributed by atoms with Gasteiger partial charge in [0.2, 0.25) is 0 Å². The summed E-state index contributed by atoms with van der Waals surface area (Å²) in [4.78, 5) is 21.4. The Morgan fingerprint density at radius 1 is 1.16 bits per heavy atom. The monoisotopic (exact) mass is 457 g/mol. The Bertz CT molecular complexity index is 1040. The summed E-state index contributed by atoms with van der Waals surface area (Å²) in [5.41, 5.74) is 1.14. The van der Waals surface area contributed by atoms with Crippen LogP contribution in [0.1, 0.15) is 46.2 Å². The Morgan fingerprint density at radius 3 is 2.59 bits per heavy atom. The van der Waals surface area contributed by atoms with Crippen molar-refractivity contribution < 1.29 is 19.0 Å². The second-order valence-corrected chi connectivity index (χ2v) is 10.1. The second-order valence-electron chi connectivity index (χ2n) is 9.70.